The van der Waals surface area contributed by atoms with E-state index in [0.29, 0.717) is 6.54 Å². The first kappa shape index (κ1) is 16.9. The molecule has 1 fully saturated rings. The molecule has 4 rings (SSSR count). The minimum absolute atomic E-state index is 0.681. The number of fused-ring (bicyclic) bond motifs is 1. The molecule has 1 saturated heterocycles. The lowest BCUT2D eigenvalue weighted by Crippen LogP contribution is -2.31. The van der Waals surface area contributed by atoms with Crippen molar-refractivity contribution in [3.63, 3.8) is 0 Å². The van der Waals surface area contributed by atoms with Crippen LogP contribution in [0.15, 0.2) is 30.3 Å². The minimum atomic E-state index is 0.681. The molecule has 0 radical (unpaired) electrons. The highest BCUT2D eigenvalue weighted by Gasteiger charge is 2.27. The van der Waals surface area contributed by atoms with Crippen molar-refractivity contribution >= 4 is 11.6 Å². The molecule has 0 unspecified atom stereocenters. The lowest BCUT2D eigenvalue weighted by molar-refractivity contribution is 0.312. The molecule has 2 aliphatic rings. The molecule has 0 aliphatic carbocycles. The number of hydrogen-bond acceptors (Lipinski definition) is 5. The average Bonchev–Trinajstić information content (AvgIpc) is 3.20. The normalized spacial score (nSPS) is 17.0. The third kappa shape index (κ3) is 3.25. The number of aromatic nitrogens is 1. The zero-order valence-corrected chi connectivity index (χ0v) is 15.3. The molecule has 0 bridgehead atoms. The first-order chi connectivity index (χ1) is 12.8. The number of hydrogen-bond donors (Lipinski definition) is 1. The molecule has 2 aliphatic heterocycles. The summed E-state index contributed by atoms with van der Waals surface area (Å²) in [4.78, 5) is 9.67. The van der Waals surface area contributed by atoms with Crippen LogP contribution < -0.4 is 10.2 Å². The Labute approximate surface area is 155 Å². The van der Waals surface area contributed by atoms with Gasteiger partial charge in [-0.2, -0.15) is 5.26 Å². The van der Waals surface area contributed by atoms with E-state index in [9.17, 15) is 5.26 Å². The van der Waals surface area contributed by atoms with Gasteiger partial charge in [-0.1, -0.05) is 30.3 Å². The molecule has 3 heterocycles. The average molecular weight is 347 g/mol. The van der Waals surface area contributed by atoms with Gasteiger partial charge in [-0.05, 0) is 37.4 Å². The van der Waals surface area contributed by atoms with Crippen molar-refractivity contribution in [3.05, 3.63) is 52.6 Å². The highest BCUT2D eigenvalue weighted by atomic mass is 15.2. The number of nitrogens with zero attached hydrogens (tertiary/aromatic N) is 4. The van der Waals surface area contributed by atoms with Gasteiger partial charge in [0, 0.05) is 38.3 Å². The van der Waals surface area contributed by atoms with E-state index in [1.807, 2.05) is 18.2 Å². The van der Waals surface area contributed by atoms with E-state index in [1.54, 1.807) is 0 Å². The van der Waals surface area contributed by atoms with Crippen molar-refractivity contribution in [1.29, 1.82) is 5.26 Å². The fourth-order valence-electron chi connectivity index (χ4n) is 3.97. The molecule has 0 spiro atoms. The zero-order chi connectivity index (χ0) is 17.9. The van der Waals surface area contributed by atoms with Gasteiger partial charge in [0.25, 0.3) is 0 Å². The first-order valence-corrected chi connectivity index (χ1v) is 9.43. The van der Waals surface area contributed by atoms with Gasteiger partial charge in [0.15, 0.2) is 0 Å². The maximum absolute atomic E-state index is 9.84. The topological polar surface area (TPSA) is 55.2 Å². The van der Waals surface area contributed by atoms with E-state index in [2.05, 4.69) is 40.4 Å². The summed E-state index contributed by atoms with van der Waals surface area (Å²) in [6.07, 6.45) is 3.36. The summed E-state index contributed by atoms with van der Waals surface area (Å²) in [6, 6.07) is 12.7. The van der Waals surface area contributed by atoms with Gasteiger partial charge in [0.1, 0.15) is 17.7 Å². The molecule has 1 aromatic carbocycles. The summed E-state index contributed by atoms with van der Waals surface area (Å²) in [5.41, 5.74) is 4.37. The Hall–Kier alpha value is -2.58. The lowest BCUT2D eigenvalue weighted by atomic mass is 9.95. The van der Waals surface area contributed by atoms with Crippen molar-refractivity contribution in [2.45, 2.75) is 32.4 Å². The van der Waals surface area contributed by atoms with E-state index in [0.717, 1.165) is 49.8 Å². The summed E-state index contributed by atoms with van der Waals surface area (Å²) in [5.74, 6) is 1.82. The number of pyridine rings is 1. The zero-order valence-electron chi connectivity index (χ0n) is 15.3. The van der Waals surface area contributed by atoms with Gasteiger partial charge in [-0.15, -0.1) is 0 Å². The molecule has 1 aromatic heterocycles. The Bertz CT molecular complexity index is 819. The van der Waals surface area contributed by atoms with Gasteiger partial charge >= 0.3 is 0 Å². The van der Waals surface area contributed by atoms with Crippen molar-refractivity contribution in [2.24, 2.45) is 0 Å². The maximum atomic E-state index is 9.84. The highest BCUT2D eigenvalue weighted by Crippen LogP contribution is 2.34. The van der Waals surface area contributed by atoms with Crippen molar-refractivity contribution in [2.75, 3.05) is 36.9 Å². The second-order valence-electron chi connectivity index (χ2n) is 7.25. The summed E-state index contributed by atoms with van der Waals surface area (Å²) >= 11 is 0. The molecule has 0 atom stereocenters. The molecule has 5 nitrogen and oxygen atoms in total. The smallest absolute Gasteiger partial charge is 0.146 e. The van der Waals surface area contributed by atoms with Gasteiger partial charge in [0.05, 0.1) is 5.56 Å². The third-order valence-corrected chi connectivity index (χ3v) is 5.38. The van der Waals surface area contributed by atoms with E-state index < -0.39 is 0 Å². The Morgan fingerprint density at radius 2 is 1.88 bits per heavy atom. The predicted octanol–water partition coefficient (Wildman–Crippen LogP) is 3.15. The van der Waals surface area contributed by atoms with Crippen LogP contribution in [0, 0.1) is 11.3 Å². The Kier molecular flexibility index (Phi) is 4.77. The monoisotopic (exact) mass is 347 g/mol. The number of anilines is 2. The molecule has 134 valence electrons. The predicted molar refractivity (Wildman–Crippen MR) is 104 cm³/mol. The van der Waals surface area contributed by atoms with E-state index in [4.69, 9.17) is 4.98 Å². The van der Waals surface area contributed by atoms with Crippen LogP contribution in [0.4, 0.5) is 11.6 Å². The van der Waals surface area contributed by atoms with Crippen LogP contribution in [0.3, 0.4) is 0 Å². The number of benzene rings is 1. The standard InChI is InChI=1S/C21H25N5/c1-25-12-9-17-18(13-22)20(23-14-16-7-3-2-4-8-16)24-21(19(17)15-25)26-10-5-6-11-26/h2-4,7-8H,5-6,9-12,14-15H2,1H3,(H,23,24). The van der Waals surface area contributed by atoms with Crippen molar-refractivity contribution in [3.8, 4) is 6.07 Å². The van der Waals surface area contributed by atoms with Crippen LogP contribution in [0.5, 0.6) is 0 Å². The molecule has 1 N–H and O–H groups in total. The number of nitrogens with one attached hydrogen (secondary N) is 1. The summed E-state index contributed by atoms with van der Waals surface area (Å²) in [7, 11) is 2.14. The molecule has 2 aromatic rings. The second kappa shape index (κ2) is 7.35. The number of rotatable bonds is 4. The van der Waals surface area contributed by atoms with Gasteiger partial charge in [0.2, 0.25) is 0 Å². The number of likely N-dealkylation sites (N-methyl/N-ethyl adjacent to an activating group) is 1. The largest absolute Gasteiger partial charge is 0.365 e. The Morgan fingerprint density at radius 1 is 1.12 bits per heavy atom. The minimum Gasteiger partial charge on any atom is -0.365 e. The van der Waals surface area contributed by atoms with Crippen LogP contribution in [-0.4, -0.2) is 36.6 Å². The molecular formula is C21H25N5. The van der Waals surface area contributed by atoms with Crippen molar-refractivity contribution < 1.29 is 0 Å². The molecule has 5 heteroatoms. The van der Waals surface area contributed by atoms with Crippen LogP contribution in [-0.2, 0) is 19.5 Å². The third-order valence-electron chi connectivity index (χ3n) is 5.38. The highest BCUT2D eigenvalue weighted by molar-refractivity contribution is 5.67. The van der Waals surface area contributed by atoms with Crippen LogP contribution >= 0.6 is 0 Å². The Balaban J connectivity index is 1.73. The summed E-state index contributed by atoms with van der Waals surface area (Å²) in [5, 5.41) is 13.3. The van der Waals surface area contributed by atoms with Crippen LogP contribution in [0.1, 0.15) is 35.1 Å². The van der Waals surface area contributed by atoms with Gasteiger partial charge in [-0.3, -0.25) is 0 Å². The summed E-state index contributed by atoms with van der Waals surface area (Å²) in [6.45, 7) is 4.67. The Morgan fingerprint density at radius 3 is 2.62 bits per heavy atom. The maximum Gasteiger partial charge on any atom is 0.146 e. The first-order valence-electron chi connectivity index (χ1n) is 9.43. The lowest BCUT2D eigenvalue weighted by Gasteiger charge is -2.31. The number of nitriles is 1. The van der Waals surface area contributed by atoms with Crippen molar-refractivity contribution in [1.82, 2.24) is 9.88 Å². The van der Waals surface area contributed by atoms with E-state index >= 15 is 0 Å². The van der Waals surface area contributed by atoms with Gasteiger partial charge in [-0.25, -0.2) is 4.98 Å². The molecular weight excluding hydrogens is 322 g/mol. The van der Waals surface area contributed by atoms with E-state index in [1.165, 1.54) is 29.5 Å². The summed E-state index contributed by atoms with van der Waals surface area (Å²) < 4.78 is 0. The fraction of sp³-hybridized carbons (Fsp3) is 0.429. The second-order valence-corrected chi connectivity index (χ2v) is 7.25. The quantitative estimate of drug-likeness (QED) is 0.921. The molecule has 26 heavy (non-hydrogen) atoms. The fourth-order valence-corrected chi connectivity index (χ4v) is 3.97. The van der Waals surface area contributed by atoms with Crippen LogP contribution in [0.25, 0.3) is 0 Å². The SMILES string of the molecule is CN1CCc2c(C#N)c(NCc3ccccc3)nc(N3CCCC3)c2C1. The van der Waals surface area contributed by atoms with Crippen LogP contribution in [0.2, 0.25) is 0 Å². The molecule has 0 saturated carbocycles. The van der Waals surface area contributed by atoms with Gasteiger partial charge < -0.3 is 15.1 Å². The molecule has 0 amide bonds. The van der Waals surface area contributed by atoms with E-state index in [-0.39, 0.29) is 0 Å².